The molecule has 0 bridgehead atoms. The largest absolute Gasteiger partial charge is 0.361 e. The number of Topliss-reactive ketones (excluding diaryl/α,β-unsaturated/α-hetero) is 1. The molecule has 5 rings (SSSR count). The Morgan fingerprint density at radius 3 is 3.03 bits per heavy atom. The molecule has 2 aliphatic rings. The molecule has 34 heavy (non-hydrogen) atoms. The number of aromatic amines is 1. The zero-order valence-corrected chi connectivity index (χ0v) is 21.3. The minimum atomic E-state index is 0.233. The molecule has 3 aromatic rings. The van der Waals surface area contributed by atoms with Gasteiger partial charge in [0.2, 0.25) is 0 Å². The molecule has 1 atom stereocenters. The number of carbonyl (C=O) groups is 1. The van der Waals surface area contributed by atoms with E-state index in [0.717, 1.165) is 61.7 Å². The average molecular weight is 475 g/mol. The SMILES string of the molecule is CCCCC(CC(=O)c1cnc(N2CCC3=C(C2)C(C)=NC3)s1)Cc1c[nH]c2c(C)cccc12. The smallest absolute Gasteiger partial charge is 0.186 e. The number of para-hydroxylation sites is 1. The van der Waals surface area contributed by atoms with E-state index in [-0.39, 0.29) is 5.78 Å². The van der Waals surface area contributed by atoms with Crippen molar-refractivity contribution in [1.29, 1.82) is 0 Å². The highest BCUT2D eigenvalue weighted by Gasteiger charge is 2.26. The van der Waals surface area contributed by atoms with Gasteiger partial charge < -0.3 is 9.88 Å². The second-order valence-corrected chi connectivity index (χ2v) is 10.8. The maximum Gasteiger partial charge on any atom is 0.186 e. The standard InChI is InChI=1S/C28H34N4OS/c1-4-5-8-20(12-22-15-30-27-18(2)7-6-9-23(22)27)13-25(33)26-16-31-28(34-26)32-11-10-21-14-29-19(3)24(21)17-32/h6-7,9,15-16,20,30H,4-5,8,10-14,17H2,1-3H3. The lowest BCUT2D eigenvalue weighted by atomic mass is 9.89. The van der Waals surface area contributed by atoms with Crippen molar-refractivity contribution in [3.05, 3.63) is 57.7 Å². The van der Waals surface area contributed by atoms with E-state index in [1.807, 2.05) is 0 Å². The molecule has 0 fully saturated rings. The Kier molecular flexibility index (Phi) is 6.68. The summed E-state index contributed by atoms with van der Waals surface area (Å²) >= 11 is 1.56. The van der Waals surface area contributed by atoms with E-state index in [1.54, 1.807) is 17.5 Å². The number of carbonyl (C=O) groups excluding carboxylic acids is 1. The van der Waals surface area contributed by atoms with Crippen LogP contribution in [0.15, 0.2) is 46.7 Å². The number of benzene rings is 1. The summed E-state index contributed by atoms with van der Waals surface area (Å²) in [5.41, 5.74) is 7.83. The van der Waals surface area contributed by atoms with Crippen LogP contribution in [0.1, 0.15) is 66.8 Å². The van der Waals surface area contributed by atoms with Crippen molar-refractivity contribution in [2.24, 2.45) is 10.9 Å². The number of unbranched alkanes of at least 4 members (excludes halogenated alkanes) is 1. The number of ketones is 1. The van der Waals surface area contributed by atoms with Crippen LogP contribution in [-0.2, 0) is 6.42 Å². The summed E-state index contributed by atoms with van der Waals surface area (Å²) in [4.78, 5) is 29.1. The molecule has 0 aliphatic carbocycles. The highest BCUT2D eigenvalue weighted by atomic mass is 32.1. The van der Waals surface area contributed by atoms with Gasteiger partial charge in [-0.25, -0.2) is 4.98 Å². The van der Waals surface area contributed by atoms with Crippen molar-refractivity contribution in [3.8, 4) is 0 Å². The van der Waals surface area contributed by atoms with Gasteiger partial charge in [0, 0.05) is 42.3 Å². The number of rotatable bonds is 9. The Balaban J connectivity index is 1.28. The number of anilines is 1. The number of nitrogens with one attached hydrogen (secondary N) is 1. The number of H-pyrrole nitrogens is 1. The number of hydrogen-bond donors (Lipinski definition) is 1. The summed E-state index contributed by atoms with van der Waals surface area (Å²) in [5, 5.41) is 2.25. The Hall–Kier alpha value is -2.73. The normalized spacial score (nSPS) is 16.8. The van der Waals surface area contributed by atoms with Gasteiger partial charge in [0.15, 0.2) is 10.9 Å². The van der Waals surface area contributed by atoms with E-state index < -0.39 is 0 Å². The first-order chi connectivity index (χ1) is 16.5. The van der Waals surface area contributed by atoms with Crippen molar-refractivity contribution in [2.75, 3.05) is 24.5 Å². The van der Waals surface area contributed by atoms with Crippen molar-refractivity contribution in [3.63, 3.8) is 0 Å². The molecular formula is C28H34N4OS. The predicted octanol–water partition coefficient (Wildman–Crippen LogP) is 6.54. The van der Waals surface area contributed by atoms with Crippen molar-refractivity contribution >= 4 is 38.9 Å². The molecule has 1 aromatic carbocycles. The number of fused-ring (bicyclic) bond motifs is 1. The monoisotopic (exact) mass is 474 g/mol. The van der Waals surface area contributed by atoms with Crippen LogP contribution in [0.2, 0.25) is 0 Å². The lowest BCUT2D eigenvalue weighted by Gasteiger charge is -2.28. The third kappa shape index (κ3) is 4.61. The molecule has 178 valence electrons. The summed E-state index contributed by atoms with van der Waals surface area (Å²) in [6, 6.07) is 6.46. The van der Waals surface area contributed by atoms with E-state index in [9.17, 15) is 4.79 Å². The molecule has 0 saturated carbocycles. The summed E-state index contributed by atoms with van der Waals surface area (Å²) in [7, 11) is 0. The Morgan fingerprint density at radius 2 is 2.18 bits per heavy atom. The first-order valence-electron chi connectivity index (χ1n) is 12.5. The Morgan fingerprint density at radius 1 is 1.29 bits per heavy atom. The second-order valence-electron chi connectivity index (χ2n) is 9.81. The van der Waals surface area contributed by atoms with Gasteiger partial charge in [0.1, 0.15) is 0 Å². The molecule has 0 spiro atoms. The predicted molar refractivity (Wildman–Crippen MR) is 143 cm³/mol. The molecule has 5 nitrogen and oxygen atoms in total. The molecule has 4 heterocycles. The number of aliphatic imine (C=N–C) groups is 1. The molecule has 0 saturated heterocycles. The van der Waals surface area contributed by atoms with Gasteiger partial charge in [-0.3, -0.25) is 9.79 Å². The minimum Gasteiger partial charge on any atom is -0.361 e. The molecule has 6 heteroatoms. The molecule has 2 aromatic heterocycles. The van der Waals surface area contributed by atoms with Crippen LogP contribution >= 0.6 is 11.3 Å². The first kappa shape index (κ1) is 23.0. The third-order valence-corrected chi connectivity index (χ3v) is 8.50. The van der Waals surface area contributed by atoms with Crippen LogP contribution < -0.4 is 4.90 Å². The summed E-state index contributed by atoms with van der Waals surface area (Å²) in [6.07, 6.45) is 9.88. The fraction of sp³-hybridized carbons (Fsp3) is 0.464. The summed E-state index contributed by atoms with van der Waals surface area (Å²) < 4.78 is 0. The van der Waals surface area contributed by atoms with E-state index in [0.29, 0.717) is 12.3 Å². The molecule has 1 unspecified atom stereocenters. The highest BCUT2D eigenvalue weighted by Crippen LogP contribution is 2.32. The number of thiazole rings is 1. The third-order valence-electron chi connectivity index (χ3n) is 7.40. The Labute approximate surface area is 206 Å². The van der Waals surface area contributed by atoms with Gasteiger partial charge in [-0.1, -0.05) is 49.3 Å². The average Bonchev–Trinajstić information content (AvgIpc) is 3.57. The van der Waals surface area contributed by atoms with Gasteiger partial charge >= 0.3 is 0 Å². The fourth-order valence-electron chi connectivity index (χ4n) is 5.34. The highest BCUT2D eigenvalue weighted by molar-refractivity contribution is 7.17. The topological polar surface area (TPSA) is 61.4 Å². The zero-order chi connectivity index (χ0) is 23.7. The molecule has 2 aliphatic heterocycles. The minimum absolute atomic E-state index is 0.233. The van der Waals surface area contributed by atoms with Gasteiger partial charge in [-0.2, -0.15) is 0 Å². The second kappa shape index (κ2) is 9.87. The van der Waals surface area contributed by atoms with Crippen LogP contribution in [0.3, 0.4) is 0 Å². The van der Waals surface area contributed by atoms with Crippen LogP contribution in [0.25, 0.3) is 10.9 Å². The molecular weight excluding hydrogens is 440 g/mol. The number of aromatic nitrogens is 2. The van der Waals surface area contributed by atoms with Gasteiger partial charge in [-0.05, 0) is 61.3 Å². The maximum atomic E-state index is 13.3. The number of aryl methyl sites for hydroxylation is 1. The van der Waals surface area contributed by atoms with Crippen LogP contribution in [0.4, 0.5) is 5.13 Å². The lowest BCUT2D eigenvalue weighted by molar-refractivity contribution is 0.0962. The lowest BCUT2D eigenvalue weighted by Crippen LogP contribution is -2.32. The van der Waals surface area contributed by atoms with Gasteiger partial charge in [0.25, 0.3) is 0 Å². The quantitative estimate of drug-likeness (QED) is 0.358. The van der Waals surface area contributed by atoms with E-state index in [2.05, 4.69) is 65.0 Å². The molecule has 1 N–H and O–H groups in total. The number of hydrogen-bond acceptors (Lipinski definition) is 5. The summed E-state index contributed by atoms with van der Waals surface area (Å²) in [5.74, 6) is 0.578. The molecule has 0 radical (unpaired) electrons. The zero-order valence-electron chi connectivity index (χ0n) is 20.5. The van der Waals surface area contributed by atoms with Crippen molar-refractivity contribution in [1.82, 2.24) is 9.97 Å². The van der Waals surface area contributed by atoms with E-state index in [4.69, 9.17) is 0 Å². The Bertz CT molecular complexity index is 1260. The molecule has 0 amide bonds. The summed E-state index contributed by atoms with van der Waals surface area (Å²) in [6.45, 7) is 9.16. The first-order valence-corrected chi connectivity index (χ1v) is 13.4. The van der Waals surface area contributed by atoms with E-state index in [1.165, 1.54) is 38.9 Å². The van der Waals surface area contributed by atoms with Crippen LogP contribution in [0.5, 0.6) is 0 Å². The maximum absolute atomic E-state index is 13.3. The van der Waals surface area contributed by atoms with E-state index >= 15 is 0 Å². The van der Waals surface area contributed by atoms with Gasteiger partial charge in [-0.15, -0.1) is 0 Å². The van der Waals surface area contributed by atoms with Crippen LogP contribution in [-0.4, -0.2) is 41.1 Å². The van der Waals surface area contributed by atoms with Gasteiger partial charge in [0.05, 0.1) is 17.6 Å². The fourth-order valence-corrected chi connectivity index (χ4v) is 6.23. The van der Waals surface area contributed by atoms with Crippen LogP contribution in [0, 0.1) is 12.8 Å². The number of nitrogens with zero attached hydrogens (tertiary/aromatic N) is 3. The van der Waals surface area contributed by atoms with Crippen molar-refractivity contribution in [2.45, 2.75) is 59.3 Å². The van der Waals surface area contributed by atoms with Crippen molar-refractivity contribution < 1.29 is 4.79 Å².